The number of rotatable bonds is 5. The normalized spacial score (nSPS) is 35.3. The van der Waals surface area contributed by atoms with Crippen LogP contribution in [-0.2, 0) is 4.74 Å². The van der Waals surface area contributed by atoms with Crippen LogP contribution in [0.15, 0.2) is 0 Å². The van der Waals surface area contributed by atoms with Crippen LogP contribution in [0.1, 0.15) is 45.4 Å². The first kappa shape index (κ1) is 13.3. The first-order valence-electron chi connectivity index (χ1n) is 7.31. The Kier molecular flexibility index (Phi) is 4.83. The Morgan fingerprint density at radius 1 is 1.41 bits per heavy atom. The summed E-state index contributed by atoms with van der Waals surface area (Å²) in [6, 6.07) is 0.803. The molecule has 0 aliphatic carbocycles. The van der Waals surface area contributed by atoms with Gasteiger partial charge in [-0.25, -0.2) is 0 Å². The van der Waals surface area contributed by atoms with Crippen LogP contribution < -0.4 is 5.73 Å². The van der Waals surface area contributed by atoms with Crippen molar-refractivity contribution in [3.63, 3.8) is 0 Å². The lowest BCUT2D eigenvalue weighted by atomic mass is 9.85. The van der Waals surface area contributed by atoms with Crippen molar-refractivity contribution in [2.75, 3.05) is 32.8 Å². The number of piperidine rings is 1. The van der Waals surface area contributed by atoms with Gasteiger partial charge in [0.1, 0.15) is 0 Å². The minimum absolute atomic E-state index is 0.253. The number of hydrogen-bond donors (Lipinski definition) is 1. The van der Waals surface area contributed by atoms with Crippen molar-refractivity contribution in [2.45, 2.75) is 51.5 Å². The predicted molar refractivity (Wildman–Crippen MR) is 71.0 cm³/mol. The molecule has 2 atom stereocenters. The van der Waals surface area contributed by atoms with Crippen molar-refractivity contribution in [1.29, 1.82) is 0 Å². The Balaban J connectivity index is 1.94. The van der Waals surface area contributed by atoms with Crippen LogP contribution in [0.5, 0.6) is 0 Å². The second kappa shape index (κ2) is 6.17. The summed E-state index contributed by atoms with van der Waals surface area (Å²) in [7, 11) is 0. The van der Waals surface area contributed by atoms with Gasteiger partial charge in [-0.05, 0) is 32.2 Å². The van der Waals surface area contributed by atoms with Crippen molar-refractivity contribution in [3.05, 3.63) is 0 Å². The molecule has 2 unspecified atom stereocenters. The summed E-state index contributed by atoms with van der Waals surface area (Å²) < 4.78 is 5.58. The molecule has 2 fully saturated rings. The van der Waals surface area contributed by atoms with Gasteiger partial charge >= 0.3 is 0 Å². The zero-order chi connectivity index (χ0) is 12.1. The lowest BCUT2D eigenvalue weighted by Crippen LogP contribution is -2.49. The van der Waals surface area contributed by atoms with Crippen LogP contribution in [0, 0.1) is 5.41 Å². The van der Waals surface area contributed by atoms with Gasteiger partial charge in [0.25, 0.3) is 0 Å². The summed E-state index contributed by atoms with van der Waals surface area (Å²) >= 11 is 0. The Bertz CT molecular complexity index is 224. The number of nitrogens with zero attached hydrogens (tertiary/aromatic N) is 1. The minimum atomic E-state index is 0.253. The molecule has 2 saturated heterocycles. The monoisotopic (exact) mass is 240 g/mol. The maximum Gasteiger partial charge on any atom is 0.0547 e. The molecular weight excluding hydrogens is 212 g/mol. The molecule has 2 N–H and O–H groups in total. The van der Waals surface area contributed by atoms with Crippen molar-refractivity contribution < 1.29 is 4.74 Å². The van der Waals surface area contributed by atoms with Gasteiger partial charge in [0.15, 0.2) is 0 Å². The zero-order valence-corrected chi connectivity index (χ0v) is 11.3. The molecule has 2 rings (SSSR count). The molecule has 0 radical (unpaired) electrons. The van der Waals surface area contributed by atoms with Crippen LogP contribution in [0.3, 0.4) is 0 Å². The topological polar surface area (TPSA) is 38.5 Å². The fourth-order valence-corrected chi connectivity index (χ4v) is 3.36. The molecule has 0 saturated carbocycles. The fourth-order valence-electron chi connectivity index (χ4n) is 3.36. The van der Waals surface area contributed by atoms with Crippen LogP contribution >= 0.6 is 0 Å². The third-order valence-corrected chi connectivity index (χ3v) is 4.53. The highest BCUT2D eigenvalue weighted by atomic mass is 16.5. The first-order chi connectivity index (χ1) is 8.29. The maximum atomic E-state index is 6.00. The number of ether oxygens (including phenoxy) is 1. The van der Waals surface area contributed by atoms with E-state index in [0.29, 0.717) is 0 Å². The predicted octanol–water partition coefficient (Wildman–Crippen LogP) is 2.01. The summed E-state index contributed by atoms with van der Waals surface area (Å²) in [5.74, 6) is 0. The third kappa shape index (κ3) is 3.21. The Hall–Kier alpha value is -0.120. The van der Waals surface area contributed by atoms with E-state index < -0.39 is 0 Å². The van der Waals surface area contributed by atoms with Crippen LogP contribution in [0.2, 0.25) is 0 Å². The molecule has 0 aromatic heterocycles. The molecule has 0 spiro atoms. The Labute approximate surface area is 106 Å². The van der Waals surface area contributed by atoms with Crippen LogP contribution in [0.25, 0.3) is 0 Å². The molecule has 0 bridgehead atoms. The highest BCUT2D eigenvalue weighted by Crippen LogP contribution is 2.31. The van der Waals surface area contributed by atoms with E-state index in [1.54, 1.807) is 0 Å². The van der Waals surface area contributed by atoms with Crippen molar-refractivity contribution >= 4 is 0 Å². The molecule has 2 aliphatic rings. The number of nitrogens with two attached hydrogens (primary N) is 1. The van der Waals surface area contributed by atoms with Gasteiger partial charge in [-0.3, -0.25) is 4.90 Å². The summed E-state index contributed by atoms with van der Waals surface area (Å²) in [5, 5.41) is 0. The lowest BCUT2D eigenvalue weighted by molar-refractivity contribution is 0.0665. The zero-order valence-electron chi connectivity index (χ0n) is 11.3. The SMILES string of the molecule is CCCC1CCCCN1CC1(CN)CCOC1. The molecule has 3 heteroatoms. The number of hydrogen-bond acceptors (Lipinski definition) is 3. The largest absolute Gasteiger partial charge is 0.381 e. The molecular formula is C14H28N2O. The third-order valence-electron chi connectivity index (χ3n) is 4.53. The van der Waals surface area contributed by atoms with Gasteiger partial charge < -0.3 is 10.5 Å². The molecule has 2 aliphatic heterocycles. The van der Waals surface area contributed by atoms with Gasteiger partial charge in [0.05, 0.1) is 6.61 Å². The summed E-state index contributed by atoms with van der Waals surface area (Å²) in [4.78, 5) is 2.70. The molecule has 0 aromatic carbocycles. The highest BCUT2D eigenvalue weighted by Gasteiger charge is 2.37. The summed E-state index contributed by atoms with van der Waals surface area (Å²) in [6.07, 6.45) is 7.96. The van der Waals surface area contributed by atoms with Crippen LogP contribution in [0.4, 0.5) is 0 Å². The minimum Gasteiger partial charge on any atom is -0.381 e. The molecule has 17 heavy (non-hydrogen) atoms. The van der Waals surface area contributed by atoms with Crippen molar-refractivity contribution in [3.8, 4) is 0 Å². The van der Waals surface area contributed by atoms with E-state index in [0.717, 1.165) is 38.8 Å². The van der Waals surface area contributed by atoms with Gasteiger partial charge in [0, 0.05) is 31.2 Å². The van der Waals surface area contributed by atoms with E-state index >= 15 is 0 Å². The highest BCUT2D eigenvalue weighted by molar-refractivity contribution is 4.90. The smallest absolute Gasteiger partial charge is 0.0547 e. The van der Waals surface area contributed by atoms with E-state index in [2.05, 4.69) is 11.8 Å². The second-order valence-corrected chi connectivity index (χ2v) is 5.92. The van der Waals surface area contributed by atoms with Gasteiger partial charge in [-0.15, -0.1) is 0 Å². The van der Waals surface area contributed by atoms with Gasteiger partial charge in [-0.2, -0.15) is 0 Å². The average Bonchev–Trinajstić information content (AvgIpc) is 2.81. The van der Waals surface area contributed by atoms with Crippen LogP contribution in [-0.4, -0.2) is 43.8 Å². The fraction of sp³-hybridized carbons (Fsp3) is 1.00. The van der Waals surface area contributed by atoms with Gasteiger partial charge in [-0.1, -0.05) is 19.8 Å². The van der Waals surface area contributed by atoms with E-state index in [1.165, 1.54) is 38.6 Å². The standard InChI is InChI=1S/C14H28N2O/c1-2-5-13-6-3-4-8-16(13)11-14(10-15)7-9-17-12-14/h13H,2-12,15H2,1H3. The lowest BCUT2D eigenvalue weighted by Gasteiger charge is -2.41. The molecule has 0 aromatic rings. The quantitative estimate of drug-likeness (QED) is 0.799. The summed E-state index contributed by atoms with van der Waals surface area (Å²) in [6.45, 7) is 7.29. The molecule has 2 heterocycles. The molecule has 0 amide bonds. The van der Waals surface area contributed by atoms with E-state index in [-0.39, 0.29) is 5.41 Å². The van der Waals surface area contributed by atoms with Gasteiger partial charge in [0.2, 0.25) is 0 Å². The Morgan fingerprint density at radius 3 is 2.94 bits per heavy atom. The molecule has 3 nitrogen and oxygen atoms in total. The Morgan fingerprint density at radius 2 is 2.29 bits per heavy atom. The van der Waals surface area contributed by atoms with Crippen molar-refractivity contribution in [1.82, 2.24) is 4.90 Å². The van der Waals surface area contributed by atoms with Crippen molar-refractivity contribution in [2.24, 2.45) is 11.1 Å². The van der Waals surface area contributed by atoms with E-state index in [4.69, 9.17) is 10.5 Å². The first-order valence-corrected chi connectivity index (χ1v) is 7.31. The van der Waals surface area contributed by atoms with E-state index in [1.807, 2.05) is 0 Å². The van der Waals surface area contributed by atoms with E-state index in [9.17, 15) is 0 Å². The maximum absolute atomic E-state index is 6.00. The summed E-state index contributed by atoms with van der Waals surface area (Å²) in [5.41, 5.74) is 6.25. The second-order valence-electron chi connectivity index (χ2n) is 5.92. The molecule has 100 valence electrons. The average molecular weight is 240 g/mol. The number of likely N-dealkylation sites (tertiary alicyclic amines) is 1.